The van der Waals surface area contributed by atoms with Gasteiger partial charge in [-0.2, -0.15) is 0 Å². The number of thiazole rings is 1. The summed E-state index contributed by atoms with van der Waals surface area (Å²) in [4.78, 5) is 28.0. The highest BCUT2D eigenvalue weighted by Crippen LogP contribution is 2.19. The molecule has 0 spiro atoms. The number of amides is 2. The maximum atomic E-state index is 11.9. The van der Waals surface area contributed by atoms with Gasteiger partial charge in [-0.3, -0.25) is 14.9 Å². The lowest BCUT2D eigenvalue weighted by atomic mass is 10.2. The molecule has 22 heavy (non-hydrogen) atoms. The minimum Gasteiger partial charge on any atom is -0.368 e. The molecule has 2 aliphatic rings. The Labute approximate surface area is 132 Å². The molecule has 0 bridgehead atoms. The van der Waals surface area contributed by atoms with Crippen LogP contribution in [0.2, 0.25) is 0 Å². The summed E-state index contributed by atoms with van der Waals surface area (Å²) in [5, 5.41) is 7.91. The first kappa shape index (κ1) is 15.4. The lowest BCUT2D eigenvalue weighted by Crippen LogP contribution is -2.33. The third kappa shape index (κ3) is 3.82. The van der Waals surface area contributed by atoms with Gasteiger partial charge in [-0.15, -0.1) is 11.3 Å². The fraction of sp³-hybridized carbons (Fsp3) is 0.643. The molecule has 7 nitrogen and oxygen atoms in total. The SMILES string of the molecule is O=C(NCc1csc(NC(=O)[C@H]2CCCO2)n1)[C@H]1CCCO1. The van der Waals surface area contributed by atoms with Crippen LogP contribution in [0.3, 0.4) is 0 Å². The van der Waals surface area contributed by atoms with E-state index in [1.807, 2.05) is 5.38 Å². The maximum absolute atomic E-state index is 11.9. The summed E-state index contributed by atoms with van der Waals surface area (Å²) in [5.74, 6) is -0.253. The Balaban J connectivity index is 1.46. The number of hydrogen-bond donors (Lipinski definition) is 2. The fourth-order valence-electron chi connectivity index (χ4n) is 2.49. The molecule has 1 aromatic rings. The highest BCUT2D eigenvalue weighted by molar-refractivity contribution is 7.13. The van der Waals surface area contributed by atoms with Gasteiger partial charge in [-0.05, 0) is 25.7 Å². The van der Waals surface area contributed by atoms with Crippen molar-refractivity contribution < 1.29 is 19.1 Å². The van der Waals surface area contributed by atoms with Crippen molar-refractivity contribution in [3.05, 3.63) is 11.1 Å². The van der Waals surface area contributed by atoms with Gasteiger partial charge in [0.1, 0.15) is 12.2 Å². The van der Waals surface area contributed by atoms with Crippen molar-refractivity contribution in [2.45, 2.75) is 44.4 Å². The van der Waals surface area contributed by atoms with Crippen LogP contribution in [0.25, 0.3) is 0 Å². The zero-order valence-electron chi connectivity index (χ0n) is 12.2. The molecular weight excluding hydrogens is 306 g/mol. The molecule has 120 valence electrons. The Morgan fingerprint density at radius 1 is 1.18 bits per heavy atom. The van der Waals surface area contributed by atoms with Crippen LogP contribution < -0.4 is 10.6 Å². The summed E-state index contributed by atoms with van der Waals surface area (Å²) in [7, 11) is 0. The fourth-order valence-corrected chi connectivity index (χ4v) is 3.21. The van der Waals surface area contributed by atoms with E-state index in [0.29, 0.717) is 24.9 Å². The third-order valence-electron chi connectivity index (χ3n) is 3.67. The van der Waals surface area contributed by atoms with E-state index < -0.39 is 0 Å². The molecule has 2 saturated heterocycles. The monoisotopic (exact) mass is 325 g/mol. The molecule has 2 N–H and O–H groups in total. The standard InChI is InChI=1S/C14H19N3O4S/c18-12(10-3-1-5-20-10)15-7-9-8-22-14(16-9)17-13(19)11-4-2-6-21-11/h8,10-11H,1-7H2,(H,15,18)(H,16,17,19)/t10-,11-/m1/s1. The normalized spacial score (nSPS) is 24.4. The number of carbonyl (C=O) groups is 2. The van der Waals surface area contributed by atoms with Gasteiger partial charge in [0.2, 0.25) is 5.91 Å². The van der Waals surface area contributed by atoms with Crippen molar-refractivity contribution in [1.29, 1.82) is 0 Å². The van der Waals surface area contributed by atoms with Crippen LogP contribution >= 0.6 is 11.3 Å². The van der Waals surface area contributed by atoms with Crippen LogP contribution in [0.4, 0.5) is 5.13 Å². The molecule has 0 saturated carbocycles. The minimum atomic E-state index is -0.369. The average molecular weight is 325 g/mol. The molecule has 2 aliphatic heterocycles. The molecule has 0 radical (unpaired) electrons. The van der Waals surface area contributed by atoms with Crippen molar-refractivity contribution in [3.8, 4) is 0 Å². The number of aromatic nitrogens is 1. The molecule has 8 heteroatoms. The van der Waals surface area contributed by atoms with Gasteiger partial charge in [0.15, 0.2) is 5.13 Å². The van der Waals surface area contributed by atoms with Gasteiger partial charge in [0.25, 0.3) is 5.91 Å². The van der Waals surface area contributed by atoms with Crippen molar-refractivity contribution in [2.75, 3.05) is 18.5 Å². The Kier molecular flexibility index (Phi) is 5.01. The summed E-state index contributed by atoms with van der Waals surface area (Å²) in [5.41, 5.74) is 0.721. The van der Waals surface area contributed by atoms with Crippen LogP contribution in [-0.4, -0.2) is 42.2 Å². The summed E-state index contributed by atoms with van der Waals surface area (Å²) in [6.07, 6.45) is 2.65. The second kappa shape index (κ2) is 7.17. The molecule has 0 aliphatic carbocycles. The summed E-state index contributed by atoms with van der Waals surface area (Å²) < 4.78 is 10.6. The Hall–Kier alpha value is -1.51. The Morgan fingerprint density at radius 3 is 2.50 bits per heavy atom. The molecule has 2 fully saturated rings. The van der Waals surface area contributed by atoms with Crippen LogP contribution in [0.1, 0.15) is 31.4 Å². The first-order valence-corrected chi connectivity index (χ1v) is 8.36. The van der Waals surface area contributed by atoms with Gasteiger partial charge in [-0.25, -0.2) is 4.98 Å². The lowest BCUT2D eigenvalue weighted by Gasteiger charge is -2.09. The van der Waals surface area contributed by atoms with E-state index in [0.717, 1.165) is 31.4 Å². The molecule has 0 unspecified atom stereocenters. The Bertz CT molecular complexity index is 536. The highest BCUT2D eigenvalue weighted by atomic mass is 32.1. The lowest BCUT2D eigenvalue weighted by molar-refractivity contribution is -0.130. The first-order valence-electron chi connectivity index (χ1n) is 7.48. The molecular formula is C14H19N3O4S. The zero-order valence-corrected chi connectivity index (χ0v) is 13.0. The van der Waals surface area contributed by atoms with Crippen LogP contribution in [0.15, 0.2) is 5.38 Å². The topological polar surface area (TPSA) is 89.6 Å². The van der Waals surface area contributed by atoms with Crippen LogP contribution in [0.5, 0.6) is 0 Å². The number of carbonyl (C=O) groups excluding carboxylic acids is 2. The number of anilines is 1. The van der Waals surface area contributed by atoms with Crippen LogP contribution in [0, 0.1) is 0 Å². The van der Waals surface area contributed by atoms with E-state index in [1.165, 1.54) is 11.3 Å². The second-order valence-electron chi connectivity index (χ2n) is 5.35. The van der Waals surface area contributed by atoms with E-state index in [2.05, 4.69) is 15.6 Å². The minimum absolute atomic E-state index is 0.101. The largest absolute Gasteiger partial charge is 0.368 e. The number of ether oxygens (including phenoxy) is 2. The van der Waals surface area contributed by atoms with Crippen molar-refractivity contribution in [1.82, 2.24) is 10.3 Å². The number of hydrogen-bond acceptors (Lipinski definition) is 6. The summed E-state index contributed by atoms with van der Waals surface area (Å²) in [6.45, 7) is 1.62. The predicted octanol–water partition coefficient (Wildman–Crippen LogP) is 1.06. The van der Waals surface area contributed by atoms with E-state index in [4.69, 9.17) is 9.47 Å². The molecule has 3 heterocycles. The third-order valence-corrected chi connectivity index (χ3v) is 4.48. The molecule has 3 rings (SSSR count). The molecule has 0 aromatic carbocycles. The smallest absolute Gasteiger partial charge is 0.255 e. The van der Waals surface area contributed by atoms with Crippen molar-refractivity contribution in [3.63, 3.8) is 0 Å². The number of nitrogens with zero attached hydrogens (tertiary/aromatic N) is 1. The van der Waals surface area contributed by atoms with Crippen molar-refractivity contribution >= 4 is 28.3 Å². The second-order valence-corrected chi connectivity index (χ2v) is 6.21. The average Bonchev–Trinajstić information content (AvgIpc) is 3.25. The Morgan fingerprint density at radius 2 is 1.86 bits per heavy atom. The van der Waals surface area contributed by atoms with E-state index in [1.54, 1.807) is 0 Å². The quantitative estimate of drug-likeness (QED) is 0.845. The van der Waals surface area contributed by atoms with Gasteiger partial charge in [-0.1, -0.05) is 0 Å². The van der Waals surface area contributed by atoms with E-state index >= 15 is 0 Å². The summed E-state index contributed by atoms with van der Waals surface area (Å²) >= 11 is 1.34. The van der Waals surface area contributed by atoms with E-state index in [9.17, 15) is 9.59 Å². The van der Waals surface area contributed by atoms with Gasteiger partial charge in [0.05, 0.1) is 12.2 Å². The van der Waals surface area contributed by atoms with Crippen LogP contribution in [-0.2, 0) is 25.6 Å². The first-order chi connectivity index (χ1) is 10.7. The maximum Gasteiger partial charge on any atom is 0.255 e. The summed E-state index contributed by atoms with van der Waals surface area (Å²) in [6, 6.07) is 0. The van der Waals surface area contributed by atoms with Gasteiger partial charge < -0.3 is 14.8 Å². The van der Waals surface area contributed by atoms with E-state index in [-0.39, 0.29) is 24.0 Å². The van der Waals surface area contributed by atoms with Gasteiger partial charge >= 0.3 is 0 Å². The van der Waals surface area contributed by atoms with Gasteiger partial charge in [0, 0.05) is 18.6 Å². The molecule has 1 aromatic heterocycles. The zero-order chi connectivity index (χ0) is 15.4. The van der Waals surface area contributed by atoms with Crippen molar-refractivity contribution in [2.24, 2.45) is 0 Å². The highest BCUT2D eigenvalue weighted by Gasteiger charge is 2.25. The predicted molar refractivity (Wildman–Crippen MR) is 80.5 cm³/mol. The number of nitrogens with one attached hydrogen (secondary N) is 2. The molecule has 2 amide bonds. The molecule has 2 atom stereocenters. The number of rotatable bonds is 5.